The number of carbonyl (C=O) groups excluding carboxylic acids is 1. The fourth-order valence-electron chi connectivity index (χ4n) is 3.30. The first-order valence-electron chi connectivity index (χ1n) is 9.39. The second-order valence-corrected chi connectivity index (χ2v) is 7.01. The average Bonchev–Trinajstić information content (AvgIpc) is 2.65. The molecule has 1 amide bonds. The van der Waals surface area contributed by atoms with Crippen LogP contribution in [0.1, 0.15) is 19.3 Å². The molecule has 3 rings (SSSR count). The van der Waals surface area contributed by atoms with Gasteiger partial charge in [-0.15, -0.1) is 0 Å². The summed E-state index contributed by atoms with van der Waals surface area (Å²) in [5.41, 5.74) is 0.823. The van der Waals surface area contributed by atoms with Crippen molar-refractivity contribution in [1.29, 1.82) is 0 Å². The van der Waals surface area contributed by atoms with Crippen molar-refractivity contribution < 1.29 is 9.53 Å². The van der Waals surface area contributed by atoms with Gasteiger partial charge in [0.15, 0.2) is 0 Å². The molecule has 0 spiro atoms. The van der Waals surface area contributed by atoms with Crippen LogP contribution in [0.15, 0.2) is 24.3 Å². The minimum atomic E-state index is -0.0618. The number of amides is 1. The van der Waals surface area contributed by atoms with Crippen molar-refractivity contribution in [2.24, 2.45) is 0 Å². The van der Waals surface area contributed by atoms with Crippen molar-refractivity contribution in [3.05, 3.63) is 24.3 Å². The van der Waals surface area contributed by atoms with Gasteiger partial charge in [-0.25, -0.2) is 0 Å². The number of likely N-dealkylation sites (N-methyl/N-ethyl adjacent to an activating group) is 1. The molecule has 0 unspecified atom stereocenters. The van der Waals surface area contributed by atoms with Crippen LogP contribution in [0, 0.1) is 0 Å². The fraction of sp³-hybridized carbons (Fsp3) is 0.632. The highest BCUT2D eigenvalue weighted by molar-refractivity contribution is 5.94. The number of ether oxygens (including phenoxy) is 1. The second kappa shape index (κ2) is 9.17. The molecule has 25 heavy (non-hydrogen) atoms. The minimum Gasteiger partial charge on any atom is -0.492 e. The molecule has 1 aromatic rings. The zero-order valence-corrected chi connectivity index (χ0v) is 15.2. The van der Waals surface area contributed by atoms with Crippen molar-refractivity contribution in [3.8, 4) is 5.75 Å². The summed E-state index contributed by atoms with van der Waals surface area (Å²) in [6.45, 7) is 7.06. The van der Waals surface area contributed by atoms with Gasteiger partial charge in [-0.2, -0.15) is 0 Å². The molecule has 2 aliphatic heterocycles. The number of anilines is 1. The molecule has 2 aliphatic rings. The molecule has 6 heteroatoms. The molecule has 2 heterocycles. The smallest absolute Gasteiger partial charge is 0.241 e. The van der Waals surface area contributed by atoms with Crippen molar-refractivity contribution in [1.82, 2.24) is 15.1 Å². The summed E-state index contributed by atoms with van der Waals surface area (Å²) < 4.78 is 5.83. The summed E-state index contributed by atoms with van der Waals surface area (Å²) in [7, 11) is 2.17. The number of hydrogen-bond acceptors (Lipinski definition) is 5. The van der Waals surface area contributed by atoms with Crippen LogP contribution >= 0.6 is 0 Å². The Morgan fingerprint density at radius 3 is 2.64 bits per heavy atom. The van der Waals surface area contributed by atoms with E-state index in [1.807, 2.05) is 24.3 Å². The van der Waals surface area contributed by atoms with Crippen LogP contribution in [0.25, 0.3) is 0 Å². The van der Waals surface area contributed by atoms with Gasteiger partial charge in [0.2, 0.25) is 5.91 Å². The van der Waals surface area contributed by atoms with Crippen LogP contribution < -0.4 is 15.4 Å². The van der Waals surface area contributed by atoms with Gasteiger partial charge in [0, 0.05) is 38.4 Å². The predicted octanol–water partition coefficient (Wildman–Crippen LogP) is 1.39. The van der Waals surface area contributed by atoms with Crippen LogP contribution in [0.3, 0.4) is 0 Å². The first-order valence-corrected chi connectivity index (χ1v) is 9.39. The van der Waals surface area contributed by atoms with Crippen molar-refractivity contribution in [2.45, 2.75) is 25.3 Å². The lowest BCUT2D eigenvalue weighted by molar-refractivity contribution is -0.118. The lowest BCUT2D eigenvalue weighted by Gasteiger charge is -2.32. The molecule has 0 aromatic heterocycles. The van der Waals surface area contributed by atoms with Gasteiger partial charge in [0.05, 0.1) is 6.04 Å². The molecule has 2 N–H and O–H groups in total. The third-order valence-electron chi connectivity index (χ3n) is 5.02. The van der Waals surface area contributed by atoms with Gasteiger partial charge in [0.1, 0.15) is 12.4 Å². The maximum Gasteiger partial charge on any atom is 0.241 e. The predicted molar refractivity (Wildman–Crippen MR) is 100 cm³/mol. The van der Waals surface area contributed by atoms with Crippen LogP contribution in [-0.2, 0) is 4.79 Å². The Labute approximate surface area is 150 Å². The van der Waals surface area contributed by atoms with Gasteiger partial charge in [-0.1, -0.05) is 6.42 Å². The third kappa shape index (κ3) is 5.70. The number of benzene rings is 1. The van der Waals surface area contributed by atoms with E-state index in [4.69, 9.17) is 4.74 Å². The first kappa shape index (κ1) is 18.2. The molecule has 6 nitrogen and oxygen atoms in total. The molecule has 0 saturated carbocycles. The molecule has 1 aromatic carbocycles. The topological polar surface area (TPSA) is 56.8 Å². The molecule has 0 bridgehead atoms. The monoisotopic (exact) mass is 346 g/mol. The molecular formula is C19H30N4O2. The average molecular weight is 346 g/mol. The Balaban J connectivity index is 1.38. The third-order valence-corrected chi connectivity index (χ3v) is 5.02. The SMILES string of the molecule is CN1CCN(CCOc2ccc(NC(=O)[C@H]3CCCCN3)cc2)CC1. The van der Waals surface area contributed by atoms with E-state index >= 15 is 0 Å². The quantitative estimate of drug-likeness (QED) is 0.815. The largest absolute Gasteiger partial charge is 0.492 e. The molecule has 138 valence electrons. The van der Waals surface area contributed by atoms with Crippen molar-refractivity contribution in [3.63, 3.8) is 0 Å². The summed E-state index contributed by atoms with van der Waals surface area (Å²) in [6.07, 6.45) is 3.19. The Kier molecular flexibility index (Phi) is 6.67. The zero-order valence-electron chi connectivity index (χ0n) is 15.2. The van der Waals surface area contributed by atoms with Crippen molar-refractivity contribution in [2.75, 3.05) is 58.2 Å². The fourth-order valence-corrected chi connectivity index (χ4v) is 3.30. The van der Waals surface area contributed by atoms with Crippen LogP contribution in [0.5, 0.6) is 5.75 Å². The van der Waals surface area contributed by atoms with Crippen molar-refractivity contribution >= 4 is 11.6 Å². The number of nitrogens with zero attached hydrogens (tertiary/aromatic N) is 2. The van der Waals surface area contributed by atoms with E-state index in [2.05, 4.69) is 27.5 Å². The highest BCUT2D eigenvalue weighted by Crippen LogP contribution is 2.17. The molecule has 2 fully saturated rings. The Morgan fingerprint density at radius 1 is 1.20 bits per heavy atom. The standard InChI is InChI=1S/C19H30N4O2/c1-22-10-12-23(13-11-22)14-15-25-17-7-5-16(6-8-17)21-19(24)18-4-2-3-9-20-18/h5-8,18,20H,2-4,9-15H2,1H3,(H,21,24)/t18-/m1/s1. The van der Waals surface area contributed by atoms with E-state index in [0.29, 0.717) is 6.61 Å². The first-order chi connectivity index (χ1) is 12.2. The maximum absolute atomic E-state index is 12.2. The van der Waals surface area contributed by atoms with E-state index in [1.165, 1.54) is 0 Å². The zero-order chi connectivity index (χ0) is 17.5. The molecule has 2 saturated heterocycles. The van der Waals surface area contributed by atoms with E-state index in [-0.39, 0.29) is 11.9 Å². The normalized spacial score (nSPS) is 22.5. The van der Waals surface area contributed by atoms with Gasteiger partial charge >= 0.3 is 0 Å². The number of rotatable bonds is 6. The van der Waals surface area contributed by atoms with Gasteiger partial charge in [0.25, 0.3) is 0 Å². The highest BCUT2D eigenvalue weighted by atomic mass is 16.5. The van der Waals surface area contributed by atoms with Gasteiger partial charge in [-0.3, -0.25) is 9.69 Å². The molecule has 0 radical (unpaired) electrons. The number of nitrogens with one attached hydrogen (secondary N) is 2. The van der Waals surface area contributed by atoms with Crippen LogP contribution in [-0.4, -0.2) is 74.7 Å². The van der Waals surface area contributed by atoms with E-state index in [0.717, 1.165) is 70.0 Å². The van der Waals surface area contributed by atoms with E-state index < -0.39 is 0 Å². The summed E-state index contributed by atoms with van der Waals surface area (Å²) in [5.74, 6) is 0.909. The molecule has 0 aliphatic carbocycles. The number of piperidine rings is 1. The summed E-state index contributed by atoms with van der Waals surface area (Å²) >= 11 is 0. The van der Waals surface area contributed by atoms with Gasteiger partial charge in [-0.05, 0) is 50.7 Å². The lowest BCUT2D eigenvalue weighted by atomic mass is 10.0. The lowest BCUT2D eigenvalue weighted by Crippen LogP contribution is -2.45. The Morgan fingerprint density at radius 2 is 1.96 bits per heavy atom. The summed E-state index contributed by atoms with van der Waals surface area (Å²) in [6, 6.07) is 7.60. The highest BCUT2D eigenvalue weighted by Gasteiger charge is 2.20. The Bertz CT molecular complexity index is 535. The summed E-state index contributed by atoms with van der Waals surface area (Å²) in [4.78, 5) is 17.0. The maximum atomic E-state index is 12.2. The number of hydrogen-bond donors (Lipinski definition) is 2. The van der Waals surface area contributed by atoms with Gasteiger partial charge < -0.3 is 20.3 Å². The summed E-state index contributed by atoms with van der Waals surface area (Å²) in [5, 5.41) is 6.25. The van der Waals surface area contributed by atoms with E-state index in [9.17, 15) is 4.79 Å². The molecular weight excluding hydrogens is 316 g/mol. The molecule has 1 atom stereocenters. The number of carbonyl (C=O) groups is 1. The minimum absolute atomic E-state index is 0.0587. The van der Waals surface area contributed by atoms with E-state index in [1.54, 1.807) is 0 Å². The van der Waals surface area contributed by atoms with Crippen LogP contribution in [0.4, 0.5) is 5.69 Å². The van der Waals surface area contributed by atoms with Crippen LogP contribution in [0.2, 0.25) is 0 Å². The second-order valence-electron chi connectivity index (χ2n) is 7.01. The number of piperazine rings is 1. The Hall–Kier alpha value is -1.63.